The second kappa shape index (κ2) is 7.28. The molecule has 6 heteroatoms. The minimum atomic E-state index is -1.04. The van der Waals surface area contributed by atoms with Crippen molar-refractivity contribution in [2.45, 2.75) is 20.0 Å². The van der Waals surface area contributed by atoms with E-state index in [1.165, 1.54) is 12.1 Å². The number of benzene rings is 2. The third-order valence-electron chi connectivity index (χ3n) is 2.92. The van der Waals surface area contributed by atoms with Crippen LogP contribution in [-0.4, -0.2) is 23.1 Å². The van der Waals surface area contributed by atoms with E-state index in [9.17, 15) is 9.59 Å². The molecule has 0 atom stereocenters. The summed E-state index contributed by atoms with van der Waals surface area (Å²) in [6, 6.07) is 11.1. The van der Waals surface area contributed by atoms with Gasteiger partial charge in [0.25, 0.3) is 5.91 Å². The van der Waals surface area contributed by atoms with Gasteiger partial charge in [-0.3, -0.25) is 4.79 Å². The van der Waals surface area contributed by atoms with Crippen molar-refractivity contribution < 1.29 is 19.4 Å². The van der Waals surface area contributed by atoms with Gasteiger partial charge in [-0.2, -0.15) is 0 Å². The van der Waals surface area contributed by atoms with Crippen molar-refractivity contribution in [2.24, 2.45) is 0 Å². The molecule has 23 heavy (non-hydrogen) atoms. The zero-order chi connectivity index (χ0) is 17.0. The van der Waals surface area contributed by atoms with Crippen LogP contribution < -0.4 is 10.1 Å². The molecule has 2 aromatic carbocycles. The number of nitrogens with one attached hydrogen (secondary N) is 1. The molecule has 0 aliphatic rings. The van der Waals surface area contributed by atoms with E-state index in [1.54, 1.807) is 30.3 Å². The fourth-order valence-electron chi connectivity index (χ4n) is 1.92. The van der Waals surface area contributed by atoms with Crippen LogP contribution in [0.2, 0.25) is 0 Å². The third-order valence-corrected chi connectivity index (χ3v) is 3.54. The average molecular weight is 378 g/mol. The van der Waals surface area contributed by atoms with Gasteiger partial charge in [0.2, 0.25) is 0 Å². The number of carboxylic acid groups (broad SMARTS) is 1. The molecule has 0 spiro atoms. The van der Waals surface area contributed by atoms with Gasteiger partial charge in [-0.15, -0.1) is 0 Å². The number of ether oxygens (including phenoxy) is 1. The van der Waals surface area contributed by atoms with Gasteiger partial charge in [0.15, 0.2) is 0 Å². The molecule has 0 radical (unpaired) electrons. The molecule has 0 aliphatic heterocycles. The molecule has 2 rings (SSSR count). The molecular weight excluding hydrogens is 362 g/mol. The number of anilines is 1. The molecule has 0 unspecified atom stereocenters. The maximum atomic E-state index is 12.3. The summed E-state index contributed by atoms with van der Waals surface area (Å²) in [7, 11) is 0. The molecule has 0 fully saturated rings. The Labute approximate surface area is 142 Å². The Bertz CT molecular complexity index is 743. The fourth-order valence-corrected chi connectivity index (χ4v) is 2.40. The lowest BCUT2D eigenvalue weighted by molar-refractivity contribution is 0.0696. The second-order valence-corrected chi connectivity index (χ2v) is 6.01. The first-order chi connectivity index (χ1) is 10.9. The standard InChI is InChI=1S/C17H16BrNO4/c1-10(2)23-15-7-6-11(9-14(15)18)16(20)19-13-5-3-4-12(8-13)17(21)22/h3-10H,1-2H3,(H,19,20)(H,21,22). The van der Waals surface area contributed by atoms with Crippen molar-refractivity contribution >= 4 is 33.5 Å². The van der Waals surface area contributed by atoms with Gasteiger partial charge in [0, 0.05) is 11.3 Å². The van der Waals surface area contributed by atoms with Gasteiger partial charge in [0.1, 0.15) is 5.75 Å². The number of amides is 1. The third kappa shape index (κ3) is 4.56. The van der Waals surface area contributed by atoms with Gasteiger partial charge >= 0.3 is 5.97 Å². The van der Waals surface area contributed by atoms with Crippen LogP contribution in [0.5, 0.6) is 5.75 Å². The van der Waals surface area contributed by atoms with Crippen LogP contribution in [0.3, 0.4) is 0 Å². The van der Waals surface area contributed by atoms with Crippen LogP contribution in [-0.2, 0) is 0 Å². The Morgan fingerprint density at radius 1 is 1.13 bits per heavy atom. The Kier molecular flexibility index (Phi) is 5.39. The summed E-state index contributed by atoms with van der Waals surface area (Å²) in [5.74, 6) is -0.715. The number of aromatic carboxylic acids is 1. The van der Waals surface area contributed by atoms with Crippen LogP contribution in [0, 0.1) is 0 Å². The van der Waals surface area contributed by atoms with Crippen molar-refractivity contribution in [1.82, 2.24) is 0 Å². The Morgan fingerprint density at radius 2 is 1.87 bits per heavy atom. The highest BCUT2D eigenvalue weighted by Crippen LogP contribution is 2.27. The predicted molar refractivity (Wildman–Crippen MR) is 91.3 cm³/mol. The van der Waals surface area contributed by atoms with E-state index in [0.29, 0.717) is 21.5 Å². The van der Waals surface area contributed by atoms with E-state index >= 15 is 0 Å². The molecule has 2 N–H and O–H groups in total. The highest BCUT2D eigenvalue weighted by molar-refractivity contribution is 9.10. The quantitative estimate of drug-likeness (QED) is 0.818. The minimum Gasteiger partial charge on any atom is -0.490 e. The average Bonchev–Trinajstić information content (AvgIpc) is 2.49. The normalized spacial score (nSPS) is 10.4. The molecule has 5 nitrogen and oxygen atoms in total. The predicted octanol–water partition coefficient (Wildman–Crippen LogP) is 4.19. The molecule has 0 aliphatic carbocycles. The molecule has 0 saturated carbocycles. The van der Waals surface area contributed by atoms with Crippen molar-refractivity contribution in [3.8, 4) is 5.75 Å². The molecule has 120 valence electrons. The summed E-state index contributed by atoms with van der Waals surface area (Å²) in [6.45, 7) is 3.84. The minimum absolute atomic E-state index is 0.0322. The highest BCUT2D eigenvalue weighted by Gasteiger charge is 2.11. The van der Waals surface area contributed by atoms with E-state index in [2.05, 4.69) is 21.2 Å². The van der Waals surface area contributed by atoms with Gasteiger partial charge in [-0.25, -0.2) is 4.79 Å². The lowest BCUT2D eigenvalue weighted by atomic mass is 10.1. The Hall–Kier alpha value is -2.34. The van der Waals surface area contributed by atoms with Gasteiger partial charge < -0.3 is 15.2 Å². The largest absolute Gasteiger partial charge is 0.490 e. The number of carbonyl (C=O) groups is 2. The zero-order valence-electron chi connectivity index (χ0n) is 12.7. The van der Waals surface area contributed by atoms with Crippen LogP contribution >= 0.6 is 15.9 Å². The first-order valence-corrected chi connectivity index (χ1v) is 7.77. The second-order valence-electron chi connectivity index (χ2n) is 5.15. The van der Waals surface area contributed by atoms with Crippen LogP contribution in [0.15, 0.2) is 46.9 Å². The first kappa shape index (κ1) is 17.0. The smallest absolute Gasteiger partial charge is 0.335 e. The molecule has 0 saturated heterocycles. The van der Waals surface area contributed by atoms with Gasteiger partial charge in [-0.1, -0.05) is 6.07 Å². The monoisotopic (exact) mass is 377 g/mol. The van der Waals surface area contributed by atoms with E-state index in [4.69, 9.17) is 9.84 Å². The fraction of sp³-hybridized carbons (Fsp3) is 0.176. The molecule has 0 heterocycles. The van der Waals surface area contributed by atoms with Crippen molar-refractivity contribution in [2.75, 3.05) is 5.32 Å². The number of carboxylic acids is 1. The van der Waals surface area contributed by atoms with Crippen molar-refractivity contribution in [1.29, 1.82) is 0 Å². The SMILES string of the molecule is CC(C)Oc1ccc(C(=O)Nc2cccc(C(=O)O)c2)cc1Br. The summed E-state index contributed by atoms with van der Waals surface area (Å²) in [5.41, 5.74) is 0.979. The van der Waals surface area contributed by atoms with E-state index in [-0.39, 0.29) is 17.6 Å². The number of hydrogen-bond donors (Lipinski definition) is 2. The lowest BCUT2D eigenvalue weighted by Gasteiger charge is -2.12. The van der Waals surface area contributed by atoms with Gasteiger partial charge in [0.05, 0.1) is 16.1 Å². The molecule has 2 aromatic rings. The summed E-state index contributed by atoms with van der Waals surface area (Å²) in [5, 5.41) is 11.6. The van der Waals surface area contributed by atoms with Gasteiger partial charge in [-0.05, 0) is 66.2 Å². The number of rotatable bonds is 5. The van der Waals surface area contributed by atoms with Crippen molar-refractivity contribution in [3.63, 3.8) is 0 Å². The summed E-state index contributed by atoms with van der Waals surface area (Å²) in [6.07, 6.45) is 0.0322. The van der Waals surface area contributed by atoms with E-state index in [1.807, 2.05) is 13.8 Å². The summed E-state index contributed by atoms with van der Waals surface area (Å²) < 4.78 is 6.28. The maximum absolute atomic E-state index is 12.3. The first-order valence-electron chi connectivity index (χ1n) is 6.97. The zero-order valence-corrected chi connectivity index (χ0v) is 14.3. The number of hydrogen-bond acceptors (Lipinski definition) is 3. The lowest BCUT2D eigenvalue weighted by Crippen LogP contribution is -2.13. The Balaban J connectivity index is 2.16. The number of halogens is 1. The Morgan fingerprint density at radius 3 is 2.48 bits per heavy atom. The van der Waals surface area contributed by atoms with Crippen molar-refractivity contribution in [3.05, 3.63) is 58.1 Å². The highest BCUT2D eigenvalue weighted by atomic mass is 79.9. The maximum Gasteiger partial charge on any atom is 0.335 e. The molecule has 1 amide bonds. The summed E-state index contributed by atoms with van der Waals surface area (Å²) in [4.78, 5) is 23.2. The van der Waals surface area contributed by atoms with Crippen LogP contribution in [0.25, 0.3) is 0 Å². The molecular formula is C17H16BrNO4. The topological polar surface area (TPSA) is 75.6 Å². The molecule has 0 bridgehead atoms. The summed E-state index contributed by atoms with van der Waals surface area (Å²) >= 11 is 3.38. The van der Waals surface area contributed by atoms with E-state index in [0.717, 1.165) is 0 Å². The van der Waals surface area contributed by atoms with Crippen LogP contribution in [0.4, 0.5) is 5.69 Å². The number of carbonyl (C=O) groups excluding carboxylic acids is 1. The van der Waals surface area contributed by atoms with E-state index < -0.39 is 5.97 Å². The molecule has 0 aromatic heterocycles. The van der Waals surface area contributed by atoms with Crippen LogP contribution in [0.1, 0.15) is 34.6 Å².